The van der Waals surface area contributed by atoms with Gasteiger partial charge in [0.05, 0.1) is 7.11 Å². The predicted molar refractivity (Wildman–Crippen MR) is 113 cm³/mol. The number of aromatic nitrogens is 1. The van der Waals surface area contributed by atoms with Gasteiger partial charge in [-0.15, -0.1) is 0 Å². The average molecular weight is 368 g/mol. The Hall–Kier alpha value is -2.53. The standard InChI is InChI=1S/C21H25N3OS/c1-14(2)15-4-6-17(7-5-15)24-21(26)22-11-10-16-13-23-20-9-8-18(25-3)12-19(16)20/h4-9,12-14,23H,10-11H2,1-3H3,(H2,22,24,26). The van der Waals surface area contributed by atoms with Gasteiger partial charge in [-0.05, 0) is 66.0 Å². The van der Waals surface area contributed by atoms with Crippen molar-refractivity contribution in [2.24, 2.45) is 0 Å². The lowest BCUT2D eigenvalue weighted by Crippen LogP contribution is -2.30. The van der Waals surface area contributed by atoms with Crippen LogP contribution in [0.4, 0.5) is 5.69 Å². The Morgan fingerprint density at radius 1 is 1.15 bits per heavy atom. The highest BCUT2D eigenvalue weighted by molar-refractivity contribution is 7.80. The van der Waals surface area contributed by atoms with Crippen LogP contribution < -0.4 is 15.4 Å². The molecule has 0 spiro atoms. The fourth-order valence-electron chi connectivity index (χ4n) is 2.93. The molecule has 0 amide bonds. The van der Waals surface area contributed by atoms with Gasteiger partial charge >= 0.3 is 0 Å². The zero-order valence-corrected chi connectivity index (χ0v) is 16.2. The molecule has 4 nitrogen and oxygen atoms in total. The Balaban J connectivity index is 1.53. The van der Waals surface area contributed by atoms with Crippen LogP contribution in [0.1, 0.15) is 30.9 Å². The van der Waals surface area contributed by atoms with Gasteiger partial charge in [-0.3, -0.25) is 0 Å². The van der Waals surface area contributed by atoms with Gasteiger partial charge < -0.3 is 20.4 Å². The zero-order chi connectivity index (χ0) is 18.5. The summed E-state index contributed by atoms with van der Waals surface area (Å²) in [4.78, 5) is 3.30. The van der Waals surface area contributed by atoms with Gasteiger partial charge in [0.2, 0.25) is 0 Å². The molecule has 1 heterocycles. The molecule has 0 saturated heterocycles. The lowest BCUT2D eigenvalue weighted by molar-refractivity contribution is 0.415. The smallest absolute Gasteiger partial charge is 0.170 e. The normalized spacial score (nSPS) is 10.9. The molecule has 0 atom stereocenters. The highest BCUT2D eigenvalue weighted by Crippen LogP contribution is 2.23. The topological polar surface area (TPSA) is 49.1 Å². The van der Waals surface area contributed by atoms with Crippen molar-refractivity contribution >= 4 is 33.9 Å². The molecule has 5 heteroatoms. The second kappa shape index (κ2) is 8.23. The SMILES string of the molecule is COc1ccc2[nH]cc(CCNC(=S)Nc3ccc(C(C)C)cc3)c2c1. The van der Waals surface area contributed by atoms with Crippen molar-refractivity contribution in [2.45, 2.75) is 26.2 Å². The first kappa shape index (κ1) is 18.3. The van der Waals surface area contributed by atoms with Gasteiger partial charge in [0, 0.05) is 29.3 Å². The molecule has 0 aliphatic heterocycles. The minimum atomic E-state index is 0.531. The molecule has 0 saturated carbocycles. The second-order valence-corrected chi connectivity index (χ2v) is 7.04. The summed E-state index contributed by atoms with van der Waals surface area (Å²) in [5.74, 6) is 1.40. The molecule has 1 aromatic heterocycles. The van der Waals surface area contributed by atoms with Crippen LogP contribution >= 0.6 is 12.2 Å². The first-order chi connectivity index (χ1) is 12.6. The summed E-state index contributed by atoms with van der Waals surface area (Å²) in [6.07, 6.45) is 2.92. The van der Waals surface area contributed by atoms with E-state index in [-0.39, 0.29) is 0 Å². The van der Waals surface area contributed by atoms with Gasteiger partial charge in [-0.25, -0.2) is 0 Å². The lowest BCUT2D eigenvalue weighted by Gasteiger charge is -2.12. The molecular formula is C21H25N3OS. The maximum Gasteiger partial charge on any atom is 0.170 e. The molecule has 0 bridgehead atoms. The number of fused-ring (bicyclic) bond motifs is 1. The zero-order valence-electron chi connectivity index (χ0n) is 15.4. The summed E-state index contributed by atoms with van der Waals surface area (Å²) >= 11 is 5.40. The highest BCUT2D eigenvalue weighted by atomic mass is 32.1. The minimum Gasteiger partial charge on any atom is -0.497 e. The molecule has 136 valence electrons. The Morgan fingerprint density at radius 2 is 1.92 bits per heavy atom. The van der Waals surface area contributed by atoms with E-state index >= 15 is 0 Å². The Morgan fingerprint density at radius 3 is 2.62 bits per heavy atom. The van der Waals surface area contributed by atoms with Crippen LogP contribution in [0.2, 0.25) is 0 Å². The first-order valence-corrected chi connectivity index (χ1v) is 9.26. The number of benzene rings is 2. The van der Waals surface area contributed by atoms with Crippen LogP contribution in [0.5, 0.6) is 5.75 Å². The predicted octanol–water partition coefficient (Wildman–Crippen LogP) is 4.83. The van der Waals surface area contributed by atoms with Crippen molar-refractivity contribution in [3.8, 4) is 5.75 Å². The number of methoxy groups -OCH3 is 1. The van der Waals surface area contributed by atoms with Crippen molar-refractivity contribution in [3.63, 3.8) is 0 Å². The first-order valence-electron chi connectivity index (χ1n) is 8.85. The van der Waals surface area contributed by atoms with Crippen LogP contribution in [0, 0.1) is 0 Å². The van der Waals surface area contributed by atoms with E-state index in [2.05, 4.69) is 59.8 Å². The van der Waals surface area contributed by atoms with E-state index in [9.17, 15) is 0 Å². The molecule has 0 aliphatic carbocycles. The van der Waals surface area contributed by atoms with Crippen molar-refractivity contribution in [2.75, 3.05) is 19.0 Å². The van der Waals surface area contributed by atoms with Crippen molar-refractivity contribution in [1.29, 1.82) is 0 Å². The van der Waals surface area contributed by atoms with E-state index in [1.165, 1.54) is 16.5 Å². The monoisotopic (exact) mass is 367 g/mol. The van der Waals surface area contributed by atoms with Crippen LogP contribution in [0.25, 0.3) is 10.9 Å². The highest BCUT2D eigenvalue weighted by Gasteiger charge is 2.06. The quantitative estimate of drug-likeness (QED) is 0.546. The van der Waals surface area contributed by atoms with Gasteiger partial charge in [0.15, 0.2) is 5.11 Å². The van der Waals surface area contributed by atoms with Crippen molar-refractivity contribution in [3.05, 3.63) is 59.8 Å². The fraction of sp³-hybridized carbons (Fsp3) is 0.286. The Bertz CT molecular complexity index is 884. The molecular weight excluding hydrogens is 342 g/mol. The van der Waals surface area contributed by atoms with Crippen molar-refractivity contribution < 1.29 is 4.74 Å². The number of anilines is 1. The summed E-state index contributed by atoms with van der Waals surface area (Å²) in [5.41, 5.74) is 4.69. The van der Waals surface area contributed by atoms with Gasteiger partial charge in [0.25, 0.3) is 0 Å². The molecule has 0 fully saturated rings. The summed E-state index contributed by atoms with van der Waals surface area (Å²) < 4.78 is 5.32. The van der Waals surface area contributed by atoms with Gasteiger partial charge in [-0.2, -0.15) is 0 Å². The lowest BCUT2D eigenvalue weighted by atomic mass is 10.0. The van der Waals surface area contributed by atoms with E-state index in [1.807, 2.05) is 18.3 Å². The number of H-pyrrole nitrogens is 1. The maximum absolute atomic E-state index is 5.40. The third-order valence-electron chi connectivity index (χ3n) is 4.49. The van der Waals surface area contributed by atoms with E-state index < -0.39 is 0 Å². The number of hydrogen-bond acceptors (Lipinski definition) is 2. The summed E-state index contributed by atoms with van der Waals surface area (Å²) in [7, 11) is 1.69. The molecule has 3 N–H and O–H groups in total. The van der Waals surface area contributed by atoms with Crippen molar-refractivity contribution in [1.82, 2.24) is 10.3 Å². The Labute approximate surface area is 160 Å². The third-order valence-corrected chi connectivity index (χ3v) is 4.74. The van der Waals surface area contributed by atoms with Gasteiger partial charge in [-0.1, -0.05) is 26.0 Å². The third kappa shape index (κ3) is 4.35. The molecule has 0 aliphatic rings. The molecule has 2 aromatic carbocycles. The number of thiocarbonyl (C=S) groups is 1. The molecule has 26 heavy (non-hydrogen) atoms. The van der Waals surface area contributed by atoms with Crippen LogP contribution in [-0.2, 0) is 6.42 Å². The van der Waals surface area contributed by atoms with Crippen LogP contribution in [0.3, 0.4) is 0 Å². The van der Waals surface area contributed by atoms with Gasteiger partial charge in [0.1, 0.15) is 5.75 Å². The number of hydrogen-bond donors (Lipinski definition) is 3. The fourth-order valence-corrected chi connectivity index (χ4v) is 3.15. The summed E-state index contributed by atoms with van der Waals surface area (Å²) in [6.45, 7) is 5.14. The average Bonchev–Trinajstić information content (AvgIpc) is 3.04. The number of nitrogens with one attached hydrogen (secondary N) is 3. The number of ether oxygens (including phenoxy) is 1. The Kier molecular flexibility index (Phi) is 5.78. The minimum absolute atomic E-state index is 0.531. The maximum atomic E-state index is 5.40. The summed E-state index contributed by atoms with van der Waals surface area (Å²) in [6, 6.07) is 14.5. The molecule has 0 radical (unpaired) electrons. The molecule has 3 aromatic rings. The second-order valence-electron chi connectivity index (χ2n) is 6.63. The van der Waals surface area contributed by atoms with Crippen LogP contribution in [-0.4, -0.2) is 23.8 Å². The molecule has 3 rings (SSSR count). The number of aromatic amines is 1. The van der Waals surface area contributed by atoms with E-state index in [0.717, 1.165) is 29.9 Å². The van der Waals surface area contributed by atoms with E-state index in [1.54, 1.807) is 7.11 Å². The van der Waals surface area contributed by atoms with E-state index in [4.69, 9.17) is 17.0 Å². The van der Waals surface area contributed by atoms with Crippen LogP contribution in [0.15, 0.2) is 48.7 Å². The largest absolute Gasteiger partial charge is 0.497 e. The number of rotatable bonds is 6. The summed E-state index contributed by atoms with van der Waals surface area (Å²) in [5, 5.41) is 8.34. The molecule has 0 unspecified atom stereocenters. The van der Waals surface area contributed by atoms with E-state index in [0.29, 0.717) is 11.0 Å².